The highest BCUT2D eigenvalue weighted by Gasteiger charge is 2.32. The molecule has 3 aromatic rings. The average molecular weight is 508 g/mol. The maximum atomic E-state index is 13.8. The van der Waals surface area contributed by atoms with Crippen molar-refractivity contribution < 1.29 is 18.0 Å². The second-order valence-corrected chi connectivity index (χ2v) is 10.8. The van der Waals surface area contributed by atoms with Crippen LogP contribution >= 0.6 is 0 Å². The Morgan fingerprint density at radius 3 is 2.17 bits per heavy atom. The number of benzene rings is 3. The molecule has 0 spiro atoms. The Kier molecular flexibility index (Phi) is 8.53. The van der Waals surface area contributed by atoms with Crippen molar-refractivity contribution in [2.24, 2.45) is 0 Å². The maximum absolute atomic E-state index is 13.8. The number of anilines is 1. The van der Waals surface area contributed by atoms with Gasteiger partial charge in [0.2, 0.25) is 11.8 Å². The van der Waals surface area contributed by atoms with Crippen LogP contribution < -0.4 is 9.62 Å². The lowest BCUT2D eigenvalue weighted by molar-refractivity contribution is -0.139. The third-order valence-corrected chi connectivity index (χ3v) is 7.85. The number of carbonyl (C=O) groups is 2. The van der Waals surface area contributed by atoms with Crippen LogP contribution in [0.25, 0.3) is 0 Å². The summed E-state index contributed by atoms with van der Waals surface area (Å²) in [6, 6.07) is 20.3. The van der Waals surface area contributed by atoms with Gasteiger partial charge in [0.1, 0.15) is 12.6 Å². The zero-order chi connectivity index (χ0) is 26.5. The lowest BCUT2D eigenvalue weighted by atomic mass is 10.1. The van der Waals surface area contributed by atoms with E-state index in [2.05, 4.69) is 5.32 Å². The Labute approximate surface area is 213 Å². The van der Waals surface area contributed by atoms with Gasteiger partial charge in [-0.3, -0.25) is 13.9 Å². The number of aryl methyl sites for hydroxylation is 3. The van der Waals surface area contributed by atoms with E-state index in [4.69, 9.17) is 0 Å². The Morgan fingerprint density at radius 1 is 0.889 bits per heavy atom. The predicted molar refractivity (Wildman–Crippen MR) is 142 cm³/mol. The van der Waals surface area contributed by atoms with Gasteiger partial charge in [-0.2, -0.15) is 0 Å². The number of rotatable bonds is 9. The SMILES string of the molecule is CNC(=O)[C@@H](C)N(Cc1cccc(C)c1)C(=O)CN(c1ccc(C)cc1C)S(=O)(=O)c1ccccc1. The molecule has 190 valence electrons. The maximum Gasteiger partial charge on any atom is 0.264 e. The number of nitrogens with zero attached hydrogens (tertiary/aromatic N) is 2. The van der Waals surface area contributed by atoms with Gasteiger partial charge in [-0.25, -0.2) is 8.42 Å². The van der Waals surface area contributed by atoms with E-state index >= 15 is 0 Å². The van der Waals surface area contributed by atoms with Crippen molar-refractivity contribution in [2.45, 2.75) is 45.2 Å². The molecule has 1 N–H and O–H groups in total. The van der Waals surface area contributed by atoms with Crippen LogP contribution in [0.4, 0.5) is 5.69 Å². The first-order chi connectivity index (χ1) is 17.0. The van der Waals surface area contributed by atoms with Gasteiger partial charge in [-0.1, -0.05) is 65.7 Å². The molecule has 0 saturated carbocycles. The van der Waals surface area contributed by atoms with Gasteiger partial charge in [-0.15, -0.1) is 0 Å². The van der Waals surface area contributed by atoms with Crippen LogP contribution in [0.3, 0.4) is 0 Å². The zero-order valence-electron chi connectivity index (χ0n) is 21.4. The minimum atomic E-state index is -4.06. The van der Waals surface area contributed by atoms with Crippen molar-refractivity contribution in [1.82, 2.24) is 10.2 Å². The minimum Gasteiger partial charge on any atom is -0.357 e. The fourth-order valence-electron chi connectivity index (χ4n) is 4.12. The summed E-state index contributed by atoms with van der Waals surface area (Å²) in [5, 5.41) is 2.59. The number of hydrogen-bond donors (Lipinski definition) is 1. The van der Waals surface area contributed by atoms with Gasteiger partial charge >= 0.3 is 0 Å². The minimum absolute atomic E-state index is 0.0855. The largest absolute Gasteiger partial charge is 0.357 e. The smallest absolute Gasteiger partial charge is 0.264 e. The predicted octanol–water partition coefficient (Wildman–Crippen LogP) is 3.97. The van der Waals surface area contributed by atoms with Gasteiger partial charge in [0.25, 0.3) is 10.0 Å². The summed E-state index contributed by atoms with van der Waals surface area (Å²) in [5.41, 5.74) is 4.00. The molecule has 36 heavy (non-hydrogen) atoms. The van der Waals surface area contributed by atoms with E-state index in [-0.39, 0.29) is 17.3 Å². The molecule has 3 aromatic carbocycles. The topological polar surface area (TPSA) is 86.8 Å². The van der Waals surface area contributed by atoms with Crippen molar-refractivity contribution in [3.63, 3.8) is 0 Å². The molecule has 8 heteroatoms. The second-order valence-electron chi connectivity index (χ2n) is 8.92. The molecule has 2 amide bonds. The molecule has 0 aliphatic heterocycles. The summed E-state index contributed by atoms with van der Waals surface area (Å²) in [6.07, 6.45) is 0. The number of carbonyl (C=O) groups excluding carboxylic acids is 2. The normalized spacial score (nSPS) is 12.0. The number of amides is 2. The molecular formula is C28H33N3O4S. The molecule has 3 rings (SSSR count). The highest BCUT2D eigenvalue weighted by molar-refractivity contribution is 7.92. The monoisotopic (exact) mass is 507 g/mol. The molecule has 0 radical (unpaired) electrons. The Morgan fingerprint density at radius 2 is 1.56 bits per heavy atom. The molecule has 1 atom stereocenters. The fraction of sp³-hybridized carbons (Fsp3) is 0.286. The quantitative estimate of drug-likeness (QED) is 0.475. The summed E-state index contributed by atoms with van der Waals surface area (Å²) < 4.78 is 28.7. The summed E-state index contributed by atoms with van der Waals surface area (Å²) in [6.45, 7) is 7.05. The van der Waals surface area contributed by atoms with Gasteiger partial charge < -0.3 is 10.2 Å². The standard InChI is InChI=1S/C28H33N3O4S/c1-20-10-9-11-24(17-20)18-30(23(4)28(33)29-5)27(32)19-31(26-15-14-21(2)16-22(26)3)36(34,35)25-12-7-6-8-13-25/h6-17,23H,18-19H2,1-5H3,(H,29,33)/t23-/m1/s1. The summed E-state index contributed by atoms with van der Waals surface area (Å²) in [4.78, 5) is 27.8. The van der Waals surface area contributed by atoms with Gasteiger partial charge in [-0.05, 0) is 57.0 Å². The first-order valence-electron chi connectivity index (χ1n) is 11.8. The number of nitrogens with one attached hydrogen (secondary N) is 1. The van der Waals surface area contributed by atoms with Crippen molar-refractivity contribution in [3.8, 4) is 0 Å². The van der Waals surface area contributed by atoms with Gasteiger partial charge in [0.05, 0.1) is 10.6 Å². The third-order valence-electron chi connectivity index (χ3n) is 6.08. The fourth-order valence-corrected chi connectivity index (χ4v) is 5.62. The second kappa shape index (κ2) is 11.4. The van der Waals surface area contributed by atoms with Crippen LogP contribution in [0, 0.1) is 20.8 Å². The van der Waals surface area contributed by atoms with E-state index < -0.39 is 28.5 Å². The number of likely N-dealkylation sites (N-methyl/N-ethyl adjacent to an activating group) is 1. The zero-order valence-corrected chi connectivity index (χ0v) is 22.2. The molecule has 0 aliphatic rings. The van der Waals surface area contributed by atoms with Crippen molar-refractivity contribution in [3.05, 3.63) is 95.1 Å². The summed E-state index contributed by atoms with van der Waals surface area (Å²) >= 11 is 0. The summed E-state index contributed by atoms with van der Waals surface area (Å²) in [5.74, 6) is -0.813. The van der Waals surface area contributed by atoms with Crippen LogP contribution in [0.2, 0.25) is 0 Å². The Hall–Kier alpha value is -3.65. The lowest BCUT2D eigenvalue weighted by Crippen LogP contribution is -2.50. The highest BCUT2D eigenvalue weighted by atomic mass is 32.2. The van der Waals surface area contributed by atoms with Crippen LogP contribution in [0.1, 0.15) is 29.2 Å². The van der Waals surface area contributed by atoms with Gasteiger partial charge in [0, 0.05) is 13.6 Å². The molecule has 0 bridgehead atoms. The molecule has 0 aliphatic carbocycles. The van der Waals surface area contributed by atoms with E-state index in [1.807, 2.05) is 57.2 Å². The van der Waals surface area contributed by atoms with Crippen LogP contribution in [-0.4, -0.2) is 44.8 Å². The number of sulfonamides is 1. The van der Waals surface area contributed by atoms with Crippen molar-refractivity contribution in [2.75, 3.05) is 17.9 Å². The van der Waals surface area contributed by atoms with E-state index in [1.165, 1.54) is 24.1 Å². The Bertz CT molecular complexity index is 1340. The Balaban J connectivity index is 2.06. The number of hydrogen-bond acceptors (Lipinski definition) is 4. The molecule has 0 heterocycles. The first kappa shape index (κ1) is 26.9. The van der Waals surface area contributed by atoms with Crippen molar-refractivity contribution >= 4 is 27.5 Å². The van der Waals surface area contributed by atoms with E-state index in [0.29, 0.717) is 5.69 Å². The van der Waals surface area contributed by atoms with Crippen LogP contribution in [0.15, 0.2) is 77.7 Å². The molecule has 0 saturated heterocycles. The van der Waals surface area contributed by atoms with Gasteiger partial charge in [0.15, 0.2) is 0 Å². The van der Waals surface area contributed by atoms with Crippen LogP contribution in [0.5, 0.6) is 0 Å². The third kappa shape index (κ3) is 6.12. The lowest BCUT2D eigenvalue weighted by Gasteiger charge is -2.32. The van der Waals surface area contributed by atoms with E-state index in [9.17, 15) is 18.0 Å². The average Bonchev–Trinajstić information content (AvgIpc) is 2.85. The van der Waals surface area contributed by atoms with E-state index in [1.54, 1.807) is 31.2 Å². The summed E-state index contributed by atoms with van der Waals surface area (Å²) in [7, 11) is -2.55. The van der Waals surface area contributed by atoms with Crippen LogP contribution in [-0.2, 0) is 26.2 Å². The first-order valence-corrected chi connectivity index (χ1v) is 13.2. The molecule has 0 fully saturated rings. The van der Waals surface area contributed by atoms with Crippen molar-refractivity contribution in [1.29, 1.82) is 0 Å². The molecule has 7 nitrogen and oxygen atoms in total. The molecular weight excluding hydrogens is 474 g/mol. The molecule has 0 aromatic heterocycles. The highest BCUT2D eigenvalue weighted by Crippen LogP contribution is 2.28. The van der Waals surface area contributed by atoms with E-state index in [0.717, 1.165) is 26.6 Å². The molecule has 0 unspecified atom stereocenters.